The maximum atomic E-state index is 17.2. The number of nitrogens with zero attached hydrogens (tertiary/aromatic N) is 4. The summed E-state index contributed by atoms with van der Waals surface area (Å²) in [6.45, 7) is 23.8. The number of benzene rings is 4. The van der Waals surface area contributed by atoms with Gasteiger partial charge in [-0.2, -0.15) is 0 Å². The van der Waals surface area contributed by atoms with E-state index in [9.17, 15) is 0 Å². The number of unbranched alkanes of at least 4 members (excludes halogenated alkanes) is 20. The Morgan fingerprint density at radius 3 is 1.24 bits per heavy atom. The number of fused-ring (bicyclic) bond motifs is 4. The first-order valence-corrected chi connectivity index (χ1v) is 47.5. The third-order valence-corrected chi connectivity index (χ3v) is 30.5. The van der Waals surface area contributed by atoms with Crippen LogP contribution in [-0.4, -0.2) is 59.1 Å². The Morgan fingerprint density at radius 2 is 0.740 bits per heavy atom. The fraction of sp³-hybridized carbons (Fsp3) is 0.500. The fourth-order valence-electron chi connectivity index (χ4n) is 15.5. The Hall–Kier alpha value is -4.70. The van der Waals surface area contributed by atoms with Gasteiger partial charge in [-0.1, -0.05) is 144 Å². The van der Waals surface area contributed by atoms with Gasteiger partial charge in [0.05, 0.1) is 0 Å². The van der Waals surface area contributed by atoms with Crippen LogP contribution in [0.2, 0.25) is 0 Å². The zero-order valence-corrected chi connectivity index (χ0v) is 71.7. The van der Waals surface area contributed by atoms with Crippen molar-refractivity contribution >= 4 is 140 Å². The van der Waals surface area contributed by atoms with Crippen molar-refractivity contribution in [1.82, 2.24) is 15.9 Å². The van der Waals surface area contributed by atoms with Gasteiger partial charge in [-0.25, -0.2) is 0 Å². The third-order valence-electron chi connectivity index (χ3n) is 21.6. The van der Waals surface area contributed by atoms with E-state index in [4.69, 9.17) is 25.4 Å². The van der Waals surface area contributed by atoms with Gasteiger partial charge in [0.15, 0.2) is 0 Å². The average molecular weight is 1640 g/mol. The van der Waals surface area contributed by atoms with Gasteiger partial charge in [0.25, 0.3) is 0 Å². The minimum absolute atomic E-state index is 0.230. The molecule has 0 radical (unpaired) electrons. The predicted octanol–water partition coefficient (Wildman–Crippen LogP) is 29.7. The minimum atomic E-state index is -0.861. The molecule has 0 aliphatic heterocycles. The van der Waals surface area contributed by atoms with E-state index in [1.54, 1.807) is 12.1 Å². The van der Waals surface area contributed by atoms with Gasteiger partial charge in [-0.3, -0.25) is 0 Å². The fourth-order valence-corrected chi connectivity index (χ4v) is 25.1. The molecule has 0 bridgehead atoms. The molecular weight excluding hydrogens is 1530 g/mol. The number of ether oxygens (including phenoxy) is 2. The Morgan fingerprint density at radius 1 is 0.356 bits per heavy atom. The van der Waals surface area contributed by atoms with Gasteiger partial charge in [0.1, 0.15) is 0 Å². The van der Waals surface area contributed by atoms with E-state index in [1.807, 2.05) is 63.5 Å². The van der Waals surface area contributed by atoms with Crippen molar-refractivity contribution in [1.29, 1.82) is 0 Å². The van der Waals surface area contributed by atoms with E-state index in [-0.39, 0.29) is 26.1 Å². The number of thiophene rings is 6. The Labute approximate surface area is 655 Å². The van der Waals surface area contributed by atoms with E-state index in [2.05, 4.69) is 112 Å². The number of aromatic nitrogens is 4. The molecule has 2 unspecified atom stereocenters. The number of hydrogen-bond acceptors (Lipinski definition) is 12. The molecule has 0 aliphatic carbocycles. The van der Waals surface area contributed by atoms with Crippen LogP contribution in [0.1, 0.15) is 253 Å². The molecule has 6 nitrogen and oxygen atoms in total. The van der Waals surface area contributed by atoms with Crippen LogP contribution in [0.5, 0.6) is 11.5 Å². The second kappa shape index (κ2) is 38.6. The predicted molar refractivity (Wildman–Crippen MR) is 454 cm³/mol. The Bertz CT molecular complexity index is 4660. The topological polar surface area (TPSA) is 70.0 Å². The summed E-state index contributed by atoms with van der Waals surface area (Å²) in [6.07, 6.45) is 37.2. The summed E-state index contributed by atoms with van der Waals surface area (Å²) < 4.78 is 71.4. The van der Waals surface area contributed by atoms with Crippen LogP contribution < -0.4 is 9.47 Å². The Kier molecular flexibility index (Phi) is 29.3. The molecule has 12 rings (SSSR count). The van der Waals surface area contributed by atoms with Gasteiger partial charge < -0.3 is 0 Å². The number of hydrogen-bond donors (Lipinski definition) is 0. The van der Waals surface area contributed by atoms with Gasteiger partial charge in [0.2, 0.25) is 0 Å². The number of rotatable bonds is 43. The Balaban J connectivity index is 0.890. The van der Waals surface area contributed by atoms with Crippen LogP contribution in [0.25, 0.3) is 115 Å². The summed E-state index contributed by atoms with van der Waals surface area (Å²) in [4.78, 5) is 11.2. The average Bonchev–Trinajstić information content (AvgIpc) is 1.56. The standard InChI is InChI=1S/C88H108F2N4O2S6Se2/c1-11-17-21-23-25-27-29-31-33-35-49-95-85-56(8)74(82-81(58(85)10)91-103-92-82)69-47-45-67(100-69)63-41-42-64(80(90)79(63)89)68-46-48-72(101-68)78-84-83(93-104-94-84)75(57(9)86(78)96-50-36-34-32-30-28-26-24-22-18-12-2)73-54-66-77(71-44-40-62(99-71)53-60(16-6)38-20-14-4)87-65(51-55(7)97-87)76(88(66)102-73)70-43-39-61(98-70)52-59(15-5)37-19-13-3/h39-48,51,54,59-60H,11-38,49-50,52-53H2,1-10H3. The SMILES string of the molecule is CCCCCCCCCCCCOc1c(C)c(-c2ccc(-c3ccc(-c4ccc(-c5c(OCCCCCCCCCCCC)c(C)c(-c6cc7c(-c8ccc(CC(CC)CCCC)s8)c8sc(C)cc8c(-c8ccc(CC(CC)CCCC)s8)c7s6)c6n[se]nc56)s4)c(F)c3F)s2)c2n[se]nc2c1C. The summed E-state index contributed by atoms with van der Waals surface area (Å²) >= 11 is 10.1. The first-order chi connectivity index (χ1) is 50.9. The summed E-state index contributed by atoms with van der Waals surface area (Å²) in [7, 11) is 0. The monoisotopic (exact) mass is 1640 g/mol. The molecule has 0 N–H and O–H groups in total. The molecule has 104 heavy (non-hydrogen) atoms. The zero-order chi connectivity index (χ0) is 72.6. The van der Waals surface area contributed by atoms with Crippen LogP contribution in [0, 0.1) is 51.2 Å². The van der Waals surface area contributed by atoms with Gasteiger partial charge in [0, 0.05) is 0 Å². The summed E-state index contributed by atoms with van der Waals surface area (Å²) in [5.41, 5.74) is 12.7. The molecule has 4 aromatic carbocycles. The summed E-state index contributed by atoms with van der Waals surface area (Å²) in [5, 5.41) is 2.64. The molecule has 8 aromatic heterocycles. The van der Waals surface area contributed by atoms with Crippen molar-refractivity contribution in [2.75, 3.05) is 13.2 Å². The first kappa shape index (κ1) is 78.9. The molecule has 2 atom stereocenters. The van der Waals surface area contributed by atoms with Crippen molar-refractivity contribution in [3.63, 3.8) is 0 Å². The summed E-state index contributed by atoms with van der Waals surface area (Å²) in [6, 6.07) is 26.1. The van der Waals surface area contributed by atoms with E-state index in [1.165, 1.54) is 237 Å². The molecule has 0 aliphatic rings. The first-order valence-electron chi connectivity index (χ1n) is 39.5. The van der Waals surface area contributed by atoms with Crippen molar-refractivity contribution in [2.45, 2.75) is 262 Å². The van der Waals surface area contributed by atoms with Gasteiger partial charge in [-0.05, 0) is 0 Å². The van der Waals surface area contributed by atoms with E-state index >= 15 is 8.78 Å². The number of halogens is 2. The van der Waals surface area contributed by atoms with Gasteiger partial charge in [-0.15, -0.1) is 0 Å². The quantitative estimate of drug-likeness (QED) is 0.0280. The van der Waals surface area contributed by atoms with Crippen molar-refractivity contribution < 1.29 is 18.3 Å². The summed E-state index contributed by atoms with van der Waals surface area (Å²) in [5.74, 6) is 1.31. The molecule has 12 aromatic rings. The van der Waals surface area contributed by atoms with Crippen molar-refractivity contribution in [2.24, 2.45) is 11.8 Å². The van der Waals surface area contributed by atoms with Crippen LogP contribution in [-0.2, 0) is 12.8 Å². The molecule has 16 heteroatoms. The molecule has 8 heterocycles. The third kappa shape index (κ3) is 18.3. The molecular formula is C88H108F2N4O2S6Se2. The normalized spacial score (nSPS) is 12.6. The van der Waals surface area contributed by atoms with E-state index in [0.717, 1.165) is 115 Å². The second-order valence-corrected chi connectivity index (χ2v) is 38.3. The van der Waals surface area contributed by atoms with E-state index < -0.39 is 26.6 Å². The molecule has 554 valence electrons. The van der Waals surface area contributed by atoms with Crippen LogP contribution in [0.15, 0.2) is 72.8 Å². The maximum absolute atomic E-state index is 17.2. The van der Waals surface area contributed by atoms with Crippen molar-refractivity contribution in [3.05, 3.63) is 116 Å². The van der Waals surface area contributed by atoms with Crippen LogP contribution >= 0.6 is 68.0 Å². The zero-order valence-electron chi connectivity index (χ0n) is 63.3. The number of aryl methyl sites for hydroxylation is 2. The van der Waals surface area contributed by atoms with Crippen LogP contribution in [0.3, 0.4) is 0 Å². The molecule has 0 amide bonds. The van der Waals surface area contributed by atoms with Crippen LogP contribution in [0.4, 0.5) is 8.78 Å². The van der Waals surface area contributed by atoms with Crippen molar-refractivity contribution in [3.8, 4) is 84.6 Å². The molecule has 0 fully saturated rings. The second-order valence-electron chi connectivity index (χ2n) is 29.2. The molecule has 0 saturated heterocycles. The van der Waals surface area contributed by atoms with E-state index in [0.29, 0.717) is 34.8 Å². The van der Waals surface area contributed by atoms with Gasteiger partial charge >= 0.3 is 517 Å². The molecule has 0 saturated carbocycles. The molecule has 0 spiro atoms.